The molecule has 0 radical (unpaired) electrons. The lowest BCUT2D eigenvalue weighted by molar-refractivity contribution is 0.0944. The summed E-state index contributed by atoms with van der Waals surface area (Å²) in [5, 5.41) is 2.63. The summed E-state index contributed by atoms with van der Waals surface area (Å²) in [6, 6.07) is 4.62. The van der Waals surface area contributed by atoms with Gasteiger partial charge in [0.05, 0.1) is 21.0 Å². The van der Waals surface area contributed by atoms with E-state index in [1.807, 2.05) is 0 Å². The van der Waals surface area contributed by atoms with Gasteiger partial charge < -0.3 is 5.32 Å². The molecule has 0 fully saturated rings. The van der Waals surface area contributed by atoms with Crippen LogP contribution in [0.1, 0.15) is 28.2 Å². The van der Waals surface area contributed by atoms with Crippen molar-refractivity contribution in [2.45, 2.75) is 13.0 Å². The zero-order chi connectivity index (χ0) is 18.1. The summed E-state index contributed by atoms with van der Waals surface area (Å²) in [4.78, 5) is 12.5. The lowest BCUT2D eigenvalue weighted by Crippen LogP contribution is -2.26. The van der Waals surface area contributed by atoms with E-state index in [4.69, 9.17) is 0 Å². The molecule has 24 heavy (non-hydrogen) atoms. The molecule has 1 atom stereocenters. The van der Waals surface area contributed by atoms with Gasteiger partial charge in [-0.25, -0.2) is 17.2 Å². The maximum atomic E-state index is 14.0. The maximum Gasteiger partial charge on any atom is 0.261 e. The number of halogens is 3. The van der Waals surface area contributed by atoms with Crippen LogP contribution < -0.4 is 10.0 Å². The SMILES string of the molecule is C[C@@H](NC(=O)c1ccc(Br)s1)c1cc(F)c(NS(C)(=O)=O)c(F)c1. The second kappa shape index (κ2) is 7.16. The zero-order valence-electron chi connectivity index (χ0n) is 12.6. The highest BCUT2D eigenvalue weighted by Crippen LogP contribution is 2.26. The summed E-state index contributed by atoms with van der Waals surface area (Å²) in [7, 11) is -3.81. The van der Waals surface area contributed by atoms with Gasteiger partial charge in [0.2, 0.25) is 10.0 Å². The van der Waals surface area contributed by atoms with Gasteiger partial charge in [-0.05, 0) is 52.7 Å². The molecule has 1 amide bonds. The molecule has 2 aromatic rings. The van der Waals surface area contributed by atoms with Crippen LogP contribution in [0.5, 0.6) is 0 Å². The molecule has 0 aliphatic rings. The van der Waals surface area contributed by atoms with E-state index in [-0.39, 0.29) is 11.5 Å². The Hall–Kier alpha value is -1.52. The maximum absolute atomic E-state index is 14.0. The van der Waals surface area contributed by atoms with Crippen molar-refractivity contribution >= 4 is 48.9 Å². The molecule has 1 heterocycles. The van der Waals surface area contributed by atoms with Crippen molar-refractivity contribution < 1.29 is 22.0 Å². The van der Waals surface area contributed by atoms with Gasteiger partial charge in [-0.3, -0.25) is 9.52 Å². The molecule has 0 saturated heterocycles. The van der Waals surface area contributed by atoms with Crippen LogP contribution >= 0.6 is 27.3 Å². The summed E-state index contributed by atoms with van der Waals surface area (Å²) < 4.78 is 52.8. The molecule has 0 spiro atoms. The third-order valence-corrected chi connectivity index (χ3v) is 5.19. The van der Waals surface area contributed by atoms with Crippen molar-refractivity contribution in [2.75, 3.05) is 11.0 Å². The van der Waals surface area contributed by atoms with Gasteiger partial charge in [-0.15, -0.1) is 11.3 Å². The van der Waals surface area contributed by atoms with Gasteiger partial charge in [-0.1, -0.05) is 0 Å². The van der Waals surface area contributed by atoms with Crippen LogP contribution in [0.4, 0.5) is 14.5 Å². The summed E-state index contributed by atoms with van der Waals surface area (Å²) in [5.74, 6) is -2.50. The molecule has 10 heteroatoms. The average molecular weight is 439 g/mol. The summed E-state index contributed by atoms with van der Waals surface area (Å²) in [6.07, 6.45) is 0.793. The normalized spacial score (nSPS) is 12.7. The highest BCUT2D eigenvalue weighted by Gasteiger charge is 2.19. The Morgan fingerprint density at radius 2 is 1.83 bits per heavy atom. The van der Waals surface area contributed by atoms with Crippen LogP contribution in [0.3, 0.4) is 0 Å². The summed E-state index contributed by atoms with van der Waals surface area (Å²) in [5.41, 5.74) is -0.574. The van der Waals surface area contributed by atoms with Crippen LogP contribution in [-0.4, -0.2) is 20.6 Å². The molecule has 0 aliphatic carbocycles. The molecular weight excluding hydrogens is 426 g/mol. The molecule has 5 nitrogen and oxygen atoms in total. The number of carbonyl (C=O) groups excluding carboxylic acids is 1. The van der Waals surface area contributed by atoms with E-state index in [1.165, 1.54) is 11.3 Å². The first-order valence-electron chi connectivity index (χ1n) is 6.60. The minimum atomic E-state index is -3.81. The Labute approximate surface area is 150 Å². The predicted octanol–water partition coefficient (Wildman–Crippen LogP) is 3.65. The number of nitrogens with one attached hydrogen (secondary N) is 2. The summed E-state index contributed by atoms with van der Waals surface area (Å²) >= 11 is 4.47. The van der Waals surface area contributed by atoms with Crippen molar-refractivity contribution in [3.8, 4) is 0 Å². The van der Waals surface area contributed by atoms with Crippen molar-refractivity contribution in [2.24, 2.45) is 0 Å². The van der Waals surface area contributed by atoms with Gasteiger partial charge in [0.25, 0.3) is 5.91 Å². The lowest BCUT2D eigenvalue weighted by atomic mass is 10.1. The average Bonchev–Trinajstić information content (AvgIpc) is 2.88. The molecule has 0 unspecified atom stereocenters. The number of amides is 1. The number of anilines is 1. The molecule has 1 aromatic heterocycles. The predicted molar refractivity (Wildman–Crippen MR) is 92.7 cm³/mol. The lowest BCUT2D eigenvalue weighted by Gasteiger charge is -2.16. The highest BCUT2D eigenvalue weighted by atomic mass is 79.9. The summed E-state index contributed by atoms with van der Waals surface area (Å²) in [6.45, 7) is 1.57. The third kappa shape index (κ3) is 4.74. The number of sulfonamides is 1. The number of benzene rings is 1. The van der Waals surface area contributed by atoms with E-state index in [9.17, 15) is 22.0 Å². The van der Waals surface area contributed by atoms with E-state index < -0.39 is 33.4 Å². The third-order valence-electron chi connectivity index (χ3n) is 3.00. The first-order valence-corrected chi connectivity index (χ1v) is 10.1. The molecule has 0 bridgehead atoms. The van der Waals surface area contributed by atoms with Crippen LogP contribution in [0.15, 0.2) is 28.1 Å². The van der Waals surface area contributed by atoms with Crippen molar-refractivity contribution in [3.05, 3.63) is 50.1 Å². The molecule has 130 valence electrons. The van der Waals surface area contributed by atoms with Crippen LogP contribution in [0.25, 0.3) is 0 Å². The quantitative estimate of drug-likeness (QED) is 0.747. The molecule has 0 saturated carbocycles. The topological polar surface area (TPSA) is 75.3 Å². The van der Waals surface area contributed by atoms with E-state index in [0.29, 0.717) is 4.88 Å². The van der Waals surface area contributed by atoms with Crippen molar-refractivity contribution in [1.29, 1.82) is 0 Å². The molecular formula is C14H13BrF2N2O3S2. The van der Waals surface area contributed by atoms with E-state index in [2.05, 4.69) is 21.2 Å². The van der Waals surface area contributed by atoms with Crippen LogP contribution in [0.2, 0.25) is 0 Å². The Morgan fingerprint density at radius 3 is 2.29 bits per heavy atom. The largest absolute Gasteiger partial charge is 0.345 e. The van der Waals surface area contributed by atoms with E-state index in [1.54, 1.807) is 23.8 Å². The van der Waals surface area contributed by atoms with Crippen LogP contribution in [-0.2, 0) is 10.0 Å². The zero-order valence-corrected chi connectivity index (χ0v) is 15.8. The standard InChI is InChI=1S/C14H13BrF2N2O3S2/c1-7(18-14(20)11-3-4-12(15)23-11)8-5-9(16)13(10(17)6-8)19-24(2,21)22/h3-7,19H,1-2H3,(H,18,20)/t7-/m1/s1. The fraction of sp³-hybridized carbons (Fsp3) is 0.214. The number of carbonyl (C=O) groups is 1. The second-order valence-electron chi connectivity index (χ2n) is 5.03. The second-order valence-corrected chi connectivity index (χ2v) is 9.24. The fourth-order valence-electron chi connectivity index (χ4n) is 1.91. The number of rotatable bonds is 5. The molecule has 0 aliphatic heterocycles. The Bertz CT molecular complexity index is 861. The Balaban J connectivity index is 2.21. The Morgan fingerprint density at radius 1 is 1.25 bits per heavy atom. The van der Waals surface area contributed by atoms with Crippen molar-refractivity contribution in [1.82, 2.24) is 5.32 Å². The van der Waals surface area contributed by atoms with Gasteiger partial charge in [0.1, 0.15) is 5.69 Å². The molecule has 1 aromatic carbocycles. The Kier molecular flexibility index (Phi) is 5.61. The first kappa shape index (κ1) is 18.8. The molecule has 2 rings (SSSR count). The van der Waals surface area contributed by atoms with Gasteiger partial charge >= 0.3 is 0 Å². The van der Waals surface area contributed by atoms with E-state index >= 15 is 0 Å². The minimum Gasteiger partial charge on any atom is -0.345 e. The number of thiophene rings is 1. The first-order chi connectivity index (χ1) is 11.1. The highest BCUT2D eigenvalue weighted by molar-refractivity contribution is 9.11. The van der Waals surface area contributed by atoms with Gasteiger partial charge in [0.15, 0.2) is 11.6 Å². The van der Waals surface area contributed by atoms with Gasteiger partial charge in [0, 0.05) is 0 Å². The number of hydrogen-bond donors (Lipinski definition) is 2. The smallest absolute Gasteiger partial charge is 0.261 e. The number of hydrogen-bond acceptors (Lipinski definition) is 4. The monoisotopic (exact) mass is 438 g/mol. The minimum absolute atomic E-state index is 0.174. The van der Waals surface area contributed by atoms with E-state index in [0.717, 1.165) is 22.2 Å². The van der Waals surface area contributed by atoms with Crippen LogP contribution in [0, 0.1) is 11.6 Å². The van der Waals surface area contributed by atoms with Crippen molar-refractivity contribution in [3.63, 3.8) is 0 Å². The van der Waals surface area contributed by atoms with Gasteiger partial charge in [-0.2, -0.15) is 0 Å². The molecule has 2 N–H and O–H groups in total. The fourth-order valence-corrected chi connectivity index (χ4v) is 3.77.